The Labute approximate surface area is 170 Å². The summed E-state index contributed by atoms with van der Waals surface area (Å²) in [5, 5.41) is 2.87. The molecule has 1 aliphatic rings. The quantitative estimate of drug-likeness (QED) is 0.373. The minimum absolute atomic E-state index is 0.158. The Bertz CT molecular complexity index is 880. The molecule has 4 N–H and O–H groups in total. The molecule has 0 spiro atoms. The number of halogens is 1. The third-order valence-electron chi connectivity index (χ3n) is 3.39. The molecule has 10 heteroatoms. The van der Waals surface area contributed by atoms with Gasteiger partial charge in [-0.1, -0.05) is 47.6 Å². The van der Waals surface area contributed by atoms with Crippen LogP contribution in [0.2, 0.25) is 0 Å². The average Bonchev–Trinajstić information content (AvgIpc) is 2.66. The number of para-hydroxylation sites is 2. The number of nitrogens with zero attached hydrogens (tertiary/aromatic N) is 2. The van der Waals surface area contributed by atoms with E-state index in [9.17, 15) is 0 Å². The first-order chi connectivity index (χ1) is 13.0. The number of nitrogens with two attached hydrogens (primary N) is 1. The lowest BCUT2D eigenvalue weighted by molar-refractivity contribution is 0.404. The zero-order valence-electron chi connectivity index (χ0n) is 14.6. The highest BCUT2D eigenvalue weighted by molar-refractivity contribution is 8.02. The van der Waals surface area contributed by atoms with Crippen LogP contribution < -0.4 is 25.2 Å². The predicted molar refractivity (Wildman–Crippen MR) is 112 cm³/mol. The van der Waals surface area contributed by atoms with Crippen molar-refractivity contribution >= 4 is 47.2 Å². The van der Waals surface area contributed by atoms with E-state index in [4.69, 9.17) is 26.8 Å². The summed E-state index contributed by atoms with van der Waals surface area (Å²) in [6, 6.07) is 15.1. The number of rotatable bonds is 6. The molecule has 1 unspecified atom stereocenters. The van der Waals surface area contributed by atoms with Gasteiger partial charge in [0, 0.05) is 0 Å². The second kappa shape index (κ2) is 8.64. The van der Waals surface area contributed by atoms with Crippen LogP contribution in [0.15, 0.2) is 68.3 Å². The Kier molecular flexibility index (Phi) is 6.25. The standard InChI is InChI=1S/C17H18ClN5O2S2/c1-24-11-7-3-5-9-13(11)26-17(18)21-15(19)20-16(22-17)23-27-14-10-6-4-8-12(14)25-2/h3-10H,1-2H3,(H4,19,20,21,22,23). The molecule has 0 bridgehead atoms. The summed E-state index contributed by atoms with van der Waals surface area (Å²) in [6.07, 6.45) is 0. The van der Waals surface area contributed by atoms with Crippen LogP contribution in [0.5, 0.6) is 11.5 Å². The molecule has 1 atom stereocenters. The molecule has 0 saturated carbocycles. The lowest BCUT2D eigenvalue weighted by Crippen LogP contribution is -2.47. The van der Waals surface area contributed by atoms with Crippen molar-refractivity contribution in [2.75, 3.05) is 14.2 Å². The maximum absolute atomic E-state index is 6.61. The number of thioether (sulfide) groups is 1. The fourth-order valence-electron chi connectivity index (χ4n) is 2.23. The normalized spacial score (nSPS) is 18.8. The highest BCUT2D eigenvalue weighted by Crippen LogP contribution is 2.43. The number of nitrogens with one attached hydrogen (secondary N) is 2. The van der Waals surface area contributed by atoms with Crippen molar-refractivity contribution in [3.8, 4) is 11.5 Å². The summed E-state index contributed by atoms with van der Waals surface area (Å²) in [4.78, 5) is 10.4. The van der Waals surface area contributed by atoms with E-state index in [2.05, 4.69) is 20.0 Å². The van der Waals surface area contributed by atoms with E-state index in [0.717, 1.165) is 15.5 Å². The minimum Gasteiger partial charge on any atom is -0.496 e. The van der Waals surface area contributed by atoms with Crippen LogP contribution >= 0.6 is 35.3 Å². The Hall–Kier alpha value is -2.23. The summed E-state index contributed by atoms with van der Waals surface area (Å²) >= 11 is 9.16. The lowest BCUT2D eigenvalue weighted by Gasteiger charge is -2.25. The number of hydrogen-bond donors (Lipinski definition) is 3. The SMILES string of the molecule is COc1ccccc1SNC1=NC(Cl)(Sc2ccccc2OC)N=C(N)N1. The van der Waals surface area contributed by atoms with Crippen molar-refractivity contribution in [2.24, 2.45) is 15.7 Å². The molecule has 1 heterocycles. The van der Waals surface area contributed by atoms with Crippen LogP contribution in [0.1, 0.15) is 0 Å². The van der Waals surface area contributed by atoms with Crippen molar-refractivity contribution in [1.29, 1.82) is 0 Å². The van der Waals surface area contributed by atoms with Crippen LogP contribution in [0, 0.1) is 0 Å². The summed E-state index contributed by atoms with van der Waals surface area (Å²) < 4.78 is 12.4. The molecular formula is C17H18ClN5O2S2. The molecule has 0 aromatic heterocycles. The second-order valence-electron chi connectivity index (χ2n) is 5.22. The Morgan fingerprint density at radius 3 is 2.26 bits per heavy atom. The first-order valence-electron chi connectivity index (χ1n) is 7.82. The number of guanidine groups is 2. The molecule has 3 rings (SSSR count). The highest BCUT2D eigenvalue weighted by Gasteiger charge is 2.33. The van der Waals surface area contributed by atoms with Gasteiger partial charge >= 0.3 is 0 Å². The summed E-state index contributed by atoms with van der Waals surface area (Å²) in [5.74, 6) is 1.97. The van der Waals surface area contributed by atoms with Gasteiger partial charge in [0.25, 0.3) is 4.45 Å². The van der Waals surface area contributed by atoms with E-state index in [1.54, 1.807) is 14.2 Å². The van der Waals surface area contributed by atoms with Gasteiger partial charge in [0.1, 0.15) is 11.5 Å². The van der Waals surface area contributed by atoms with E-state index < -0.39 is 4.45 Å². The monoisotopic (exact) mass is 423 g/mol. The average molecular weight is 424 g/mol. The molecule has 0 saturated heterocycles. The van der Waals surface area contributed by atoms with Crippen molar-refractivity contribution in [3.63, 3.8) is 0 Å². The smallest absolute Gasteiger partial charge is 0.286 e. The molecule has 0 radical (unpaired) electrons. The van der Waals surface area contributed by atoms with Crippen molar-refractivity contribution in [1.82, 2.24) is 10.0 Å². The van der Waals surface area contributed by atoms with E-state index >= 15 is 0 Å². The van der Waals surface area contributed by atoms with Crippen LogP contribution in [0.4, 0.5) is 0 Å². The van der Waals surface area contributed by atoms with Crippen LogP contribution in [-0.4, -0.2) is 30.6 Å². The van der Waals surface area contributed by atoms with Gasteiger partial charge in [-0.05, 0) is 36.2 Å². The van der Waals surface area contributed by atoms with Gasteiger partial charge in [0.15, 0.2) is 5.96 Å². The molecule has 1 aliphatic heterocycles. The number of ether oxygens (including phenoxy) is 2. The second-order valence-corrected chi connectivity index (χ2v) is 8.03. The fourth-order valence-corrected chi connectivity index (χ4v) is 4.32. The predicted octanol–water partition coefficient (Wildman–Crippen LogP) is 3.22. The molecule has 2 aromatic rings. The van der Waals surface area contributed by atoms with E-state index in [-0.39, 0.29) is 5.96 Å². The van der Waals surface area contributed by atoms with E-state index in [1.165, 1.54) is 23.7 Å². The molecular weight excluding hydrogens is 406 g/mol. The molecule has 0 amide bonds. The minimum atomic E-state index is -1.35. The molecule has 0 aliphatic carbocycles. The zero-order chi connectivity index (χ0) is 19.3. The van der Waals surface area contributed by atoms with E-state index in [1.807, 2.05) is 48.5 Å². The zero-order valence-corrected chi connectivity index (χ0v) is 17.0. The van der Waals surface area contributed by atoms with Crippen LogP contribution in [0.3, 0.4) is 0 Å². The molecule has 142 valence electrons. The Morgan fingerprint density at radius 1 is 1.00 bits per heavy atom. The summed E-state index contributed by atoms with van der Waals surface area (Å²) in [7, 11) is 3.22. The van der Waals surface area contributed by atoms with Crippen molar-refractivity contribution < 1.29 is 9.47 Å². The Balaban J connectivity index is 1.77. The third kappa shape index (κ3) is 4.94. The van der Waals surface area contributed by atoms with Gasteiger partial charge < -0.3 is 15.2 Å². The van der Waals surface area contributed by atoms with Crippen LogP contribution in [-0.2, 0) is 0 Å². The first kappa shape index (κ1) is 19.5. The van der Waals surface area contributed by atoms with Gasteiger partial charge in [0.2, 0.25) is 5.96 Å². The largest absolute Gasteiger partial charge is 0.496 e. The fraction of sp³-hybridized carbons (Fsp3) is 0.176. The molecule has 7 nitrogen and oxygen atoms in total. The summed E-state index contributed by atoms with van der Waals surface area (Å²) in [5.41, 5.74) is 5.91. The van der Waals surface area contributed by atoms with Crippen molar-refractivity contribution in [2.45, 2.75) is 14.2 Å². The topological polar surface area (TPSA) is 93.3 Å². The van der Waals surface area contributed by atoms with Gasteiger partial charge in [-0.15, -0.1) is 0 Å². The molecule has 2 aromatic carbocycles. The maximum Gasteiger partial charge on any atom is 0.286 e. The number of hydrogen-bond acceptors (Lipinski definition) is 9. The Morgan fingerprint density at radius 2 is 1.59 bits per heavy atom. The van der Waals surface area contributed by atoms with Gasteiger partial charge in [0.05, 0.1) is 24.0 Å². The number of aliphatic imine (C=N–C) groups is 2. The first-order valence-corrected chi connectivity index (χ1v) is 9.83. The molecule has 0 fully saturated rings. The summed E-state index contributed by atoms with van der Waals surface area (Å²) in [6.45, 7) is 0. The molecule has 27 heavy (non-hydrogen) atoms. The third-order valence-corrected chi connectivity index (χ3v) is 5.64. The highest BCUT2D eigenvalue weighted by atomic mass is 35.5. The maximum atomic E-state index is 6.61. The lowest BCUT2D eigenvalue weighted by atomic mass is 10.3. The number of methoxy groups -OCH3 is 2. The van der Waals surface area contributed by atoms with Crippen molar-refractivity contribution in [3.05, 3.63) is 48.5 Å². The van der Waals surface area contributed by atoms with Crippen LogP contribution in [0.25, 0.3) is 0 Å². The number of benzene rings is 2. The van der Waals surface area contributed by atoms with Gasteiger partial charge in [-0.25, -0.2) is 0 Å². The van der Waals surface area contributed by atoms with Gasteiger partial charge in [-0.2, -0.15) is 9.98 Å². The number of alkyl halides is 1. The van der Waals surface area contributed by atoms with Gasteiger partial charge in [-0.3, -0.25) is 10.0 Å². The van der Waals surface area contributed by atoms with E-state index in [0.29, 0.717) is 11.7 Å².